The molecule has 0 bridgehead atoms. The number of carbonyl (C=O) groups excluding carboxylic acids is 2. The maximum atomic E-state index is 11.8. The molecule has 1 aromatic rings. The van der Waals surface area contributed by atoms with Gasteiger partial charge in [0.1, 0.15) is 0 Å². The lowest BCUT2D eigenvalue weighted by Gasteiger charge is -2.22. The monoisotopic (exact) mass is 289 g/mol. The number of hydrogen-bond donors (Lipinski definition) is 3. The van der Waals surface area contributed by atoms with E-state index in [9.17, 15) is 9.59 Å². The zero-order chi connectivity index (χ0) is 15.1. The standard InChI is InChI=1S/C16H23N3O2/c1-12-6-5-9-14(10-12)18-15(20)11-17-16(21)19-13-7-3-2-4-8-13/h5-6,9-10,13H,2-4,7-8,11H2,1H3,(H,18,20)(H2,17,19,21). The van der Waals surface area contributed by atoms with E-state index in [2.05, 4.69) is 16.0 Å². The molecule has 0 saturated heterocycles. The fourth-order valence-electron chi connectivity index (χ4n) is 2.57. The van der Waals surface area contributed by atoms with Crippen LogP contribution in [0.5, 0.6) is 0 Å². The molecule has 1 aliphatic rings. The van der Waals surface area contributed by atoms with Crippen LogP contribution in [0, 0.1) is 6.92 Å². The Morgan fingerprint density at radius 2 is 1.95 bits per heavy atom. The molecule has 5 heteroatoms. The van der Waals surface area contributed by atoms with Gasteiger partial charge in [-0.25, -0.2) is 4.79 Å². The van der Waals surface area contributed by atoms with Crippen molar-refractivity contribution in [3.05, 3.63) is 29.8 Å². The molecular weight excluding hydrogens is 266 g/mol. The molecule has 2 rings (SSSR count). The van der Waals surface area contributed by atoms with Gasteiger partial charge in [-0.1, -0.05) is 31.4 Å². The van der Waals surface area contributed by atoms with Crippen molar-refractivity contribution in [1.82, 2.24) is 10.6 Å². The second-order valence-electron chi connectivity index (χ2n) is 5.58. The largest absolute Gasteiger partial charge is 0.335 e. The van der Waals surface area contributed by atoms with E-state index in [4.69, 9.17) is 0 Å². The molecule has 114 valence electrons. The maximum absolute atomic E-state index is 11.8. The maximum Gasteiger partial charge on any atom is 0.315 e. The van der Waals surface area contributed by atoms with Crippen molar-refractivity contribution < 1.29 is 9.59 Å². The second-order valence-corrected chi connectivity index (χ2v) is 5.58. The Balaban J connectivity index is 1.69. The predicted octanol–water partition coefficient (Wildman–Crippen LogP) is 2.57. The van der Waals surface area contributed by atoms with Gasteiger partial charge in [-0.3, -0.25) is 4.79 Å². The van der Waals surface area contributed by atoms with Gasteiger partial charge in [0, 0.05) is 11.7 Å². The fraction of sp³-hybridized carbons (Fsp3) is 0.500. The minimum Gasteiger partial charge on any atom is -0.335 e. The number of anilines is 1. The Kier molecular flexibility index (Phi) is 5.60. The van der Waals surface area contributed by atoms with Gasteiger partial charge in [0.25, 0.3) is 0 Å². The van der Waals surface area contributed by atoms with Crippen molar-refractivity contribution in [3.8, 4) is 0 Å². The second kappa shape index (κ2) is 7.67. The third-order valence-electron chi connectivity index (χ3n) is 3.65. The average molecular weight is 289 g/mol. The smallest absolute Gasteiger partial charge is 0.315 e. The molecule has 1 aromatic carbocycles. The molecule has 0 radical (unpaired) electrons. The van der Waals surface area contributed by atoms with Crippen LogP contribution in [0.1, 0.15) is 37.7 Å². The summed E-state index contributed by atoms with van der Waals surface area (Å²) in [5, 5.41) is 8.28. The first-order valence-corrected chi connectivity index (χ1v) is 7.54. The molecule has 5 nitrogen and oxygen atoms in total. The van der Waals surface area contributed by atoms with Gasteiger partial charge < -0.3 is 16.0 Å². The number of urea groups is 1. The summed E-state index contributed by atoms with van der Waals surface area (Å²) < 4.78 is 0. The number of nitrogens with one attached hydrogen (secondary N) is 3. The lowest BCUT2D eigenvalue weighted by Crippen LogP contribution is -2.45. The lowest BCUT2D eigenvalue weighted by molar-refractivity contribution is -0.115. The first-order valence-electron chi connectivity index (χ1n) is 7.54. The summed E-state index contributed by atoms with van der Waals surface area (Å²) in [7, 11) is 0. The highest BCUT2D eigenvalue weighted by Gasteiger charge is 2.15. The molecule has 0 heterocycles. The first-order chi connectivity index (χ1) is 10.1. The number of benzene rings is 1. The number of rotatable bonds is 4. The van der Waals surface area contributed by atoms with Crippen LogP contribution in [-0.4, -0.2) is 24.5 Å². The number of hydrogen-bond acceptors (Lipinski definition) is 2. The van der Waals surface area contributed by atoms with Crippen LogP contribution in [0.2, 0.25) is 0 Å². The van der Waals surface area contributed by atoms with Crippen LogP contribution in [0.15, 0.2) is 24.3 Å². The SMILES string of the molecule is Cc1cccc(NC(=O)CNC(=O)NC2CCCCC2)c1. The van der Waals surface area contributed by atoms with E-state index in [0.717, 1.165) is 24.1 Å². The van der Waals surface area contributed by atoms with Gasteiger partial charge in [-0.2, -0.15) is 0 Å². The molecule has 0 spiro atoms. The summed E-state index contributed by atoms with van der Waals surface area (Å²) in [5.74, 6) is -0.223. The average Bonchev–Trinajstić information content (AvgIpc) is 2.46. The third kappa shape index (κ3) is 5.45. The third-order valence-corrected chi connectivity index (χ3v) is 3.65. The highest BCUT2D eigenvalue weighted by atomic mass is 16.2. The van der Waals surface area contributed by atoms with Gasteiger partial charge >= 0.3 is 6.03 Å². The van der Waals surface area contributed by atoms with Gasteiger partial charge in [-0.05, 0) is 37.5 Å². The molecule has 1 aliphatic carbocycles. The highest BCUT2D eigenvalue weighted by Crippen LogP contribution is 2.17. The Labute approximate surface area is 125 Å². The lowest BCUT2D eigenvalue weighted by atomic mass is 9.96. The van der Waals surface area contributed by atoms with Crippen LogP contribution in [0.3, 0.4) is 0 Å². The van der Waals surface area contributed by atoms with Crippen molar-refractivity contribution >= 4 is 17.6 Å². The summed E-state index contributed by atoms with van der Waals surface area (Å²) in [6.45, 7) is 1.94. The van der Waals surface area contributed by atoms with Crippen LogP contribution in [-0.2, 0) is 4.79 Å². The van der Waals surface area contributed by atoms with E-state index in [1.165, 1.54) is 19.3 Å². The Bertz CT molecular complexity index is 496. The van der Waals surface area contributed by atoms with Gasteiger partial charge in [0.15, 0.2) is 0 Å². The minimum absolute atomic E-state index is 0.0213. The van der Waals surface area contributed by atoms with E-state index in [1.54, 1.807) is 0 Å². The number of carbonyl (C=O) groups is 2. The topological polar surface area (TPSA) is 70.2 Å². The molecule has 21 heavy (non-hydrogen) atoms. The zero-order valence-electron chi connectivity index (χ0n) is 12.4. The number of amides is 3. The van der Waals surface area contributed by atoms with Crippen LogP contribution in [0.4, 0.5) is 10.5 Å². The summed E-state index contributed by atoms with van der Waals surface area (Å²) in [6.07, 6.45) is 5.64. The van der Waals surface area contributed by atoms with E-state index in [0.29, 0.717) is 0 Å². The molecule has 1 fully saturated rings. The summed E-state index contributed by atoms with van der Waals surface area (Å²) in [5.41, 5.74) is 1.82. The van der Waals surface area contributed by atoms with Gasteiger partial charge in [0.2, 0.25) is 5.91 Å². The van der Waals surface area contributed by atoms with Crippen molar-refractivity contribution in [2.24, 2.45) is 0 Å². The molecule has 0 aliphatic heterocycles. The van der Waals surface area contributed by atoms with Crippen LogP contribution < -0.4 is 16.0 Å². The molecule has 0 aromatic heterocycles. The van der Waals surface area contributed by atoms with Crippen molar-refractivity contribution in [1.29, 1.82) is 0 Å². The Morgan fingerprint density at radius 3 is 2.67 bits per heavy atom. The van der Waals surface area contributed by atoms with E-state index in [-0.39, 0.29) is 24.5 Å². The normalized spacial score (nSPS) is 15.3. The minimum atomic E-state index is -0.263. The summed E-state index contributed by atoms with van der Waals surface area (Å²) in [4.78, 5) is 23.5. The van der Waals surface area contributed by atoms with Gasteiger partial charge in [-0.15, -0.1) is 0 Å². The number of aryl methyl sites for hydroxylation is 1. The molecule has 3 amide bonds. The molecule has 3 N–H and O–H groups in total. The van der Waals surface area contributed by atoms with Crippen LogP contribution in [0.25, 0.3) is 0 Å². The molecule has 0 atom stereocenters. The first kappa shape index (κ1) is 15.4. The Hall–Kier alpha value is -2.04. The highest BCUT2D eigenvalue weighted by molar-refractivity contribution is 5.94. The molecule has 0 unspecified atom stereocenters. The van der Waals surface area contributed by atoms with Crippen molar-refractivity contribution in [2.75, 3.05) is 11.9 Å². The predicted molar refractivity (Wildman–Crippen MR) is 83.2 cm³/mol. The van der Waals surface area contributed by atoms with E-state index >= 15 is 0 Å². The molecular formula is C16H23N3O2. The van der Waals surface area contributed by atoms with Crippen molar-refractivity contribution in [3.63, 3.8) is 0 Å². The van der Waals surface area contributed by atoms with Crippen LogP contribution >= 0.6 is 0 Å². The molecule has 1 saturated carbocycles. The zero-order valence-corrected chi connectivity index (χ0v) is 12.4. The van der Waals surface area contributed by atoms with Gasteiger partial charge in [0.05, 0.1) is 6.54 Å². The van der Waals surface area contributed by atoms with E-state index < -0.39 is 0 Å². The Morgan fingerprint density at radius 1 is 1.19 bits per heavy atom. The summed E-state index contributed by atoms with van der Waals surface area (Å²) >= 11 is 0. The quantitative estimate of drug-likeness (QED) is 0.797. The summed E-state index contributed by atoms with van der Waals surface area (Å²) in [6, 6.07) is 7.55. The van der Waals surface area contributed by atoms with E-state index in [1.807, 2.05) is 31.2 Å². The fourth-order valence-corrected chi connectivity index (χ4v) is 2.57. The van der Waals surface area contributed by atoms with Crippen molar-refractivity contribution in [2.45, 2.75) is 45.1 Å².